The number of esters is 1. The van der Waals surface area contributed by atoms with Crippen molar-refractivity contribution >= 4 is 17.8 Å². The lowest BCUT2D eigenvalue weighted by Crippen LogP contribution is -2.14. The number of benzene rings is 2. The Bertz CT molecular complexity index is 861. The van der Waals surface area contributed by atoms with E-state index in [2.05, 4.69) is 0 Å². The van der Waals surface area contributed by atoms with E-state index in [1.165, 1.54) is 0 Å². The molecule has 0 amide bonds. The Hall–Kier alpha value is -3.14. The van der Waals surface area contributed by atoms with Gasteiger partial charge in [-0.1, -0.05) is 56.3 Å². The summed E-state index contributed by atoms with van der Waals surface area (Å²) in [5, 5.41) is 0. The first-order valence-corrected chi connectivity index (χ1v) is 8.06. The van der Waals surface area contributed by atoms with E-state index in [9.17, 15) is 9.59 Å². The van der Waals surface area contributed by atoms with E-state index in [1.54, 1.807) is 44.2 Å². The minimum Gasteiger partial charge on any atom is -0.452 e. The fourth-order valence-electron chi connectivity index (χ4n) is 2.29. The summed E-state index contributed by atoms with van der Waals surface area (Å²) in [4.78, 5) is 24.0. The predicted molar refractivity (Wildman–Crippen MR) is 95.4 cm³/mol. The Morgan fingerprint density at radius 2 is 1.88 bits per heavy atom. The molecule has 0 fully saturated rings. The molecular formula is C21H18O4. The largest absolute Gasteiger partial charge is 0.452 e. The molecule has 126 valence electrons. The number of carbonyl (C=O) groups excluding carboxylic acids is 2. The van der Waals surface area contributed by atoms with Crippen LogP contribution in [0.15, 0.2) is 66.4 Å². The molecule has 1 aliphatic rings. The molecule has 0 N–H and O–H groups in total. The van der Waals surface area contributed by atoms with Crippen molar-refractivity contribution in [2.24, 2.45) is 5.92 Å². The summed E-state index contributed by atoms with van der Waals surface area (Å²) in [5.41, 5.74) is 1.49. The van der Waals surface area contributed by atoms with E-state index in [-0.39, 0.29) is 23.4 Å². The highest BCUT2D eigenvalue weighted by Crippen LogP contribution is 2.34. The summed E-state index contributed by atoms with van der Waals surface area (Å²) >= 11 is 0. The Balaban J connectivity index is 1.75. The Labute approximate surface area is 146 Å². The van der Waals surface area contributed by atoms with Crippen LogP contribution in [0.4, 0.5) is 0 Å². The third-order valence-electron chi connectivity index (χ3n) is 3.67. The minimum atomic E-state index is -0.328. The van der Waals surface area contributed by atoms with Gasteiger partial charge in [0.15, 0.2) is 5.76 Å². The van der Waals surface area contributed by atoms with Crippen LogP contribution in [0, 0.1) is 5.92 Å². The molecule has 1 heterocycles. The normalized spacial score (nSPS) is 14.8. The van der Waals surface area contributed by atoms with Crippen LogP contribution in [-0.4, -0.2) is 11.8 Å². The van der Waals surface area contributed by atoms with Crippen molar-refractivity contribution in [3.8, 4) is 11.5 Å². The van der Waals surface area contributed by atoms with Gasteiger partial charge in [-0.2, -0.15) is 0 Å². The molecule has 0 aromatic heterocycles. The number of hydrogen-bond acceptors (Lipinski definition) is 4. The number of ether oxygens (including phenoxy) is 2. The van der Waals surface area contributed by atoms with Gasteiger partial charge in [0.05, 0.1) is 11.5 Å². The molecular weight excluding hydrogens is 316 g/mol. The van der Waals surface area contributed by atoms with E-state index in [4.69, 9.17) is 9.47 Å². The minimum absolute atomic E-state index is 0.186. The number of carbonyl (C=O) groups is 2. The van der Waals surface area contributed by atoms with Gasteiger partial charge in [0, 0.05) is 6.07 Å². The van der Waals surface area contributed by atoms with Crippen molar-refractivity contribution in [2.45, 2.75) is 13.8 Å². The molecule has 0 saturated carbocycles. The number of rotatable bonds is 4. The lowest BCUT2D eigenvalue weighted by molar-refractivity contribution is -0.137. The number of fused-ring (bicyclic) bond motifs is 1. The molecule has 2 aromatic rings. The van der Waals surface area contributed by atoms with Gasteiger partial charge >= 0.3 is 5.97 Å². The Kier molecular flexibility index (Phi) is 4.80. The highest BCUT2D eigenvalue weighted by atomic mass is 16.5. The fourth-order valence-corrected chi connectivity index (χ4v) is 2.29. The van der Waals surface area contributed by atoms with Crippen molar-refractivity contribution in [3.05, 3.63) is 77.6 Å². The van der Waals surface area contributed by atoms with Crippen LogP contribution in [0.2, 0.25) is 0 Å². The van der Waals surface area contributed by atoms with E-state index < -0.39 is 0 Å². The summed E-state index contributed by atoms with van der Waals surface area (Å²) < 4.78 is 10.9. The van der Waals surface area contributed by atoms with Crippen LogP contribution in [0.1, 0.15) is 29.8 Å². The fraction of sp³-hybridized carbons (Fsp3) is 0.143. The molecule has 0 spiro atoms. The highest BCUT2D eigenvalue weighted by Gasteiger charge is 2.27. The molecule has 0 aliphatic carbocycles. The second-order valence-corrected chi connectivity index (χ2v) is 5.97. The Morgan fingerprint density at radius 3 is 2.60 bits per heavy atom. The first-order valence-electron chi connectivity index (χ1n) is 8.06. The molecule has 25 heavy (non-hydrogen) atoms. The number of Topliss-reactive ketones (excluding diaryl/α,β-unsaturated/α-hetero) is 1. The summed E-state index contributed by atoms with van der Waals surface area (Å²) in [5.74, 6) is 0.272. The number of allylic oxidation sites excluding steroid dienone is 3. The van der Waals surface area contributed by atoms with Gasteiger partial charge in [-0.3, -0.25) is 9.59 Å². The zero-order valence-electron chi connectivity index (χ0n) is 14.1. The maximum absolute atomic E-state index is 12.3. The topological polar surface area (TPSA) is 52.6 Å². The molecule has 1 aliphatic heterocycles. The summed E-state index contributed by atoms with van der Waals surface area (Å²) in [6.07, 6.45) is 5.30. The third kappa shape index (κ3) is 3.86. The van der Waals surface area contributed by atoms with Gasteiger partial charge in [-0.15, -0.1) is 0 Å². The molecule has 4 heteroatoms. The van der Waals surface area contributed by atoms with Crippen LogP contribution < -0.4 is 9.47 Å². The Morgan fingerprint density at radius 1 is 1.12 bits per heavy atom. The maximum Gasteiger partial charge on any atom is 0.313 e. The second kappa shape index (κ2) is 7.18. The second-order valence-electron chi connectivity index (χ2n) is 5.97. The van der Waals surface area contributed by atoms with Crippen LogP contribution in [0.3, 0.4) is 0 Å². The monoisotopic (exact) mass is 334 g/mol. The lowest BCUT2D eigenvalue weighted by atomic mass is 10.1. The average Bonchev–Trinajstić information content (AvgIpc) is 2.91. The first kappa shape index (κ1) is 16.7. The van der Waals surface area contributed by atoms with Crippen molar-refractivity contribution in [2.75, 3.05) is 0 Å². The molecule has 3 rings (SSSR count). The molecule has 0 unspecified atom stereocenters. The van der Waals surface area contributed by atoms with Crippen LogP contribution in [0.25, 0.3) is 6.08 Å². The highest BCUT2D eigenvalue weighted by molar-refractivity contribution is 6.12. The predicted octanol–water partition coefficient (Wildman–Crippen LogP) is 4.42. The molecule has 0 saturated heterocycles. The number of hydrogen-bond donors (Lipinski definition) is 0. The van der Waals surface area contributed by atoms with Gasteiger partial charge in [0.25, 0.3) is 0 Å². The first-order chi connectivity index (χ1) is 12.0. The van der Waals surface area contributed by atoms with E-state index in [0.717, 1.165) is 5.56 Å². The summed E-state index contributed by atoms with van der Waals surface area (Å²) in [7, 11) is 0. The van der Waals surface area contributed by atoms with E-state index in [1.807, 2.05) is 36.4 Å². The van der Waals surface area contributed by atoms with Crippen molar-refractivity contribution < 1.29 is 19.1 Å². The molecule has 0 radical (unpaired) electrons. The number of ketones is 1. The quantitative estimate of drug-likeness (QED) is 0.472. The molecule has 0 atom stereocenters. The van der Waals surface area contributed by atoms with Gasteiger partial charge in [0.2, 0.25) is 5.78 Å². The average molecular weight is 334 g/mol. The zero-order valence-corrected chi connectivity index (χ0v) is 14.1. The maximum atomic E-state index is 12.3. The third-order valence-corrected chi connectivity index (χ3v) is 3.67. The van der Waals surface area contributed by atoms with Gasteiger partial charge < -0.3 is 9.47 Å². The van der Waals surface area contributed by atoms with Gasteiger partial charge in [-0.25, -0.2) is 0 Å². The smallest absolute Gasteiger partial charge is 0.313 e. The van der Waals surface area contributed by atoms with Gasteiger partial charge in [-0.05, 0) is 23.8 Å². The van der Waals surface area contributed by atoms with Crippen molar-refractivity contribution in [3.63, 3.8) is 0 Å². The van der Waals surface area contributed by atoms with Crippen LogP contribution in [0.5, 0.6) is 11.5 Å². The zero-order chi connectivity index (χ0) is 17.8. The SMILES string of the molecule is CC(C)C(=O)Oc1ccc2c(c1)O/C(=C/C=C/c1ccccc1)C2=O. The lowest BCUT2D eigenvalue weighted by Gasteiger charge is -2.07. The summed E-state index contributed by atoms with van der Waals surface area (Å²) in [6, 6.07) is 14.5. The van der Waals surface area contributed by atoms with Crippen LogP contribution >= 0.6 is 0 Å². The molecule has 4 nitrogen and oxygen atoms in total. The van der Waals surface area contributed by atoms with E-state index in [0.29, 0.717) is 17.1 Å². The van der Waals surface area contributed by atoms with Crippen molar-refractivity contribution in [1.29, 1.82) is 0 Å². The summed E-state index contributed by atoms with van der Waals surface area (Å²) in [6.45, 7) is 3.52. The van der Waals surface area contributed by atoms with E-state index >= 15 is 0 Å². The molecule has 0 bridgehead atoms. The molecule has 2 aromatic carbocycles. The van der Waals surface area contributed by atoms with Crippen molar-refractivity contribution in [1.82, 2.24) is 0 Å². The van der Waals surface area contributed by atoms with Crippen LogP contribution in [-0.2, 0) is 4.79 Å². The standard InChI is InChI=1S/C21H18O4/c1-14(2)21(23)24-16-11-12-17-19(13-16)25-18(20(17)22)10-6-9-15-7-4-3-5-8-15/h3-14H,1-2H3/b9-6+,18-10+. The van der Waals surface area contributed by atoms with Gasteiger partial charge in [0.1, 0.15) is 11.5 Å².